The Balaban J connectivity index is 1.69. The number of carbonyl (C=O) groups excluding carboxylic acids is 1. The lowest BCUT2D eigenvalue weighted by molar-refractivity contribution is -0.137. The zero-order valence-electron chi connectivity index (χ0n) is 12.8. The minimum atomic E-state index is -0.937. The number of nitrogens with zero attached hydrogens (tertiary/aromatic N) is 1. The molecule has 0 unspecified atom stereocenters. The Labute approximate surface area is 138 Å². The molecule has 0 spiro atoms. The van der Waals surface area contributed by atoms with E-state index in [-0.39, 0.29) is 19.1 Å². The average Bonchev–Trinajstić information content (AvgIpc) is 2.97. The third-order valence-electron chi connectivity index (χ3n) is 3.59. The number of hydroxylamine groups is 1. The van der Waals surface area contributed by atoms with E-state index in [2.05, 4.69) is 5.48 Å². The van der Waals surface area contributed by atoms with Gasteiger partial charge in [0.05, 0.1) is 6.61 Å². The van der Waals surface area contributed by atoms with Crippen molar-refractivity contribution in [1.82, 2.24) is 10.0 Å². The van der Waals surface area contributed by atoms with Gasteiger partial charge in [-0.1, -0.05) is 36.4 Å². The second-order valence-corrected chi connectivity index (χ2v) is 5.32. The second-order valence-electron chi connectivity index (χ2n) is 5.32. The van der Waals surface area contributed by atoms with E-state index in [1.54, 1.807) is 29.0 Å². The number of carboxylic acids is 1. The van der Waals surface area contributed by atoms with E-state index in [1.807, 2.05) is 36.4 Å². The molecule has 1 aromatic heterocycles. The molecule has 0 radical (unpaired) electrons. The fourth-order valence-corrected chi connectivity index (χ4v) is 2.43. The minimum Gasteiger partial charge on any atom is -0.480 e. The molecule has 2 aromatic carbocycles. The monoisotopic (exact) mass is 324 g/mol. The van der Waals surface area contributed by atoms with Crippen LogP contribution in [0.2, 0.25) is 0 Å². The molecule has 3 rings (SSSR count). The van der Waals surface area contributed by atoms with Crippen LogP contribution in [0.1, 0.15) is 15.9 Å². The lowest BCUT2D eigenvalue weighted by Gasteiger charge is -2.07. The van der Waals surface area contributed by atoms with E-state index in [0.717, 1.165) is 10.9 Å². The summed E-state index contributed by atoms with van der Waals surface area (Å²) in [5.41, 5.74) is 4.44. The summed E-state index contributed by atoms with van der Waals surface area (Å²) in [4.78, 5) is 28.3. The predicted octanol–water partition coefficient (Wildman–Crippen LogP) is 2.59. The van der Waals surface area contributed by atoms with Crippen LogP contribution in [-0.2, 0) is 22.8 Å². The number of nitrogens with one attached hydrogen (secondary N) is 1. The van der Waals surface area contributed by atoms with E-state index in [9.17, 15) is 9.59 Å². The van der Waals surface area contributed by atoms with Gasteiger partial charge >= 0.3 is 5.97 Å². The lowest BCUT2D eigenvalue weighted by atomic mass is 10.1. The van der Waals surface area contributed by atoms with Crippen molar-refractivity contribution >= 4 is 22.8 Å². The molecule has 0 aliphatic rings. The third-order valence-corrected chi connectivity index (χ3v) is 3.59. The molecule has 0 aliphatic heterocycles. The first-order chi connectivity index (χ1) is 11.6. The number of fused-ring (bicyclic) bond motifs is 1. The zero-order chi connectivity index (χ0) is 16.9. The Bertz CT molecular complexity index is 871. The molecule has 24 heavy (non-hydrogen) atoms. The molecular weight excluding hydrogens is 308 g/mol. The minimum absolute atomic E-state index is 0.154. The fraction of sp³-hybridized carbons (Fsp3) is 0.111. The second kappa shape index (κ2) is 6.97. The van der Waals surface area contributed by atoms with Gasteiger partial charge < -0.3 is 9.67 Å². The molecule has 6 nitrogen and oxygen atoms in total. The molecule has 1 amide bonds. The highest BCUT2D eigenvalue weighted by Crippen LogP contribution is 2.18. The topological polar surface area (TPSA) is 80.6 Å². The largest absolute Gasteiger partial charge is 0.480 e. The van der Waals surface area contributed by atoms with Crippen LogP contribution in [0.5, 0.6) is 0 Å². The summed E-state index contributed by atoms with van der Waals surface area (Å²) in [5.74, 6) is -1.32. The molecule has 2 N–H and O–H groups in total. The Morgan fingerprint density at radius 2 is 1.88 bits per heavy atom. The Morgan fingerprint density at radius 3 is 2.62 bits per heavy atom. The zero-order valence-corrected chi connectivity index (χ0v) is 12.8. The third kappa shape index (κ3) is 3.61. The first-order valence-electron chi connectivity index (χ1n) is 7.40. The number of rotatable bonds is 6. The van der Waals surface area contributed by atoms with Gasteiger partial charge in [-0.25, -0.2) is 5.48 Å². The number of aliphatic carboxylic acids is 1. The number of hydrogen-bond acceptors (Lipinski definition) is 3. The summed E-state index contributed by atoms with van der Waals surface area (Å²) in [7, 11) is 0. The van der Waals surface area contributed by atoms with Crippen LogP contribution < -0.4 is 5.48 Å². The first kappa shape index (κ1) is 15.8. The number of aromatic nitrogens is 1. The van der Waals surface area contributed by atoms with Crippen LogP contribution in [0.4, 0.5) is 0 Å². The summed E-state index contributed by atoms with van der Waals surface area (Å²) in [6.07, 6.45) is 1.69. The van der Waals surface area contributed by atoms with Gasteiger partial charge in [-0.05, 0) is 29.1 Å². The van der Waals surface area contributed by atoms with Crippen molar-refractivity contribution < 1.29 is 19.5 Å². The van der Waals surface area contributed by atoms with Crippen LogP contribution >= 0.6 is 0 Å². The van der Waals surface area contributed by atoms with Gasteiger partial charge in [0.15, 0.2) is 0 Å². The van der Waals surface area contributed by atoms with Crippen LogP contribution in [0.3, 0.4) is 0 Å². The Morgan fingerprint density at radius 1 is 1.08 bits per heavy atom. The fourth-order valence-electron chi connectivity index (χ4n) is 2.43. The van der Waals surface area contributed by atoms with Gasteiger partial charge in [-0.2, -0.15) is 0 Å². The van der Waals surface area contributed by atoms with Crippen molar-refractivity contribution in [1.29, 1.82) is 0 Å². The summed E-state index contributed by atoms with van der Waals surface area (Å²) in [6, 6.07) is 16.4. The molecule has 0 atom stereocenters. The van der Waals surface area contributed by atoms with Crippen molar-refractivity contribution in [3.8, 4) is 0 Å². The number of benzene rings is 2. The predicted molar refractivity (Wildman–Crippen MR) is 88.3 cm³/mol. The van der Waals surface area contributed by atoms with Gasteiger partial charge in [0.2, 0.25) is 0 Å². The smallest absolute Gasteiger partial charge is 0.323 e. The van der Waals surface area contributed by atoms with E-state index in [1.165, 1.54) is 0 Å². The molecule has 0 bridgehead atoms. The van der Waals surface area contributed by atoms with Crippen molar-refractivity contribution in [2.45, 2.75) is 13.2 Å². The highest BCUT2D eigenvalue weighted by molar-refractivity contribution is 5.97. The lowest BCUT2D eigenvalue weighted by Crippen LogP contribution is -2.23. The van der Waals surface area contributed by atoms with Gasteiger partial charge in [-0.15, -0.1) is 0 Å². The normalized spacial score (nSPS) is 10.7. The number of carboxylic acid groups (broad SMARTS) is 1. The molecule has 0 fully saturated rings. The summed E-state index contributed by atoms with van der Waals surface area (Å²) >= 11 is 0. The number of amides is 1. The maximum Gasteiger partial charge on any atom is 0.323 e. The SMILES string of the molecule is O=C(O)Cn1ccc2ccc(C(=O)NOCc3ccccc3)cc21. The van der Waals surface area contributed by atoms with E-state index in [0.29, 0.717) is 11.1 Å². The van der Waals surface area contributed by atoms with Crippen LogP contribution in [0, 0.1) is 0 Å². The quantitative estimate of drug-likeness (QED) is 0.683. The highest BCUT2D eigenvalue weighted by Gasteiger charge is 2.10. The number of carbonyl (C=O) groups is 2. The van der Waals surface area contributed by atoms with Crippen molar-refractivity contribution in [3.63, 3.8) is 0 Å². The average molecular weight is 324 g/mol. The highest BCUT2D eigenvalue weighted by atomic mass is 16.6. The maximum atomic E-state index is 12.2. The molecule has 0 saturated carbocycles. The molecule has 1 heterocycles. The van der Waals surface area contributed by atoms with E-state index >= 15 is 0 Å². The van der Waals surface area contributed by atoms with Crippen LogP contribution in [-0.4, -0.2) is 21.6 Å². The van der Waals surface area contributed by atoms with E-state index < -0.39 is 5.97 Å². The maximum absolute atomic E-state index is 12.2. The van der Waals surface area contributed by atoms with E-state index in [4.69, 9.17) is 9.94 Å². The van der Waals surface area contributed by atoms with Crippen molar-refractivity contribution in [2.24, 2.45) is 0 Å². The van der Waals surface area contributed by atoms with Gasteiger partial charge in [0.1, 0.15) is 6.54 Å². The Hall–Kier alpha value is -3.12. The molecule has 0 aliphatic carbocycles. The van der Waals surface area contributed by atoms with Gasteiger partial charge in [0.25, 0.3) is 5.91 Å². The van der Waals surface area contributed by atoms with Gasteiger partial charge in [0, 0.05) is 17.3 Å². The summed E-state index contributed by atoms with van der Waals surface area (Å²) < 4.78 is 1.58. The molecule has 0 saturated heterocycles. The molecule has 6 heteroatoms. The van der Waals surface area contributed by atoms with Crippen LogP contribution in [0.15, 0.2) is 60.8 Å². The molecule has 3 aromatic rings. The first-order valence-corrected chi connectivity index (χ1v) is 7.40. The number of hydrogen-bond donors (Lipinski definition) is 2. The summed E-state index contributed by atoms with van der Waals surface area (Å²) in [5, 5.41) is 9.80. The molecular formula is C18H16N2O4. The van der Waals surface area contributed by atoms with Gasteiger partial charge in [-0.3, -0.25) is 14.4 Å². The standard InChI is InChI=1S/C18H16N2O4/c21-17(22)11-20-9-8-14-6-7-15(10-16(14)20)18(23)19-24-12-13-4-2-1-3-5-13/h1-10H,11-12H2,(H,19,23)(H,21,22). The van der Waals surface area contributed by atoms with Crippen LogP contribution in [0.25, 0.3) is 10.9 Å². The van der Waals surface area contributed by atoms with Crippen molar-refractivity contribution in [3.05, 3.63) is 71.9 Å². The molecule has 122 valence electrons. The Kier molecular flexibility index (Phi) is 4.58. The van der Waals surface area contributed by atoms with Crippen molar-refractivity contribution in [2.75, 3.05) is 0 Å². The summed E-state index contributed by atoms with van der Waals surface area (Å²) in [6.45, 7) is 0.114.